The molecule has 1 fully saturated rings. The monoisotopic (exact) mass is 422 g/mol. The maximum Gasteiger partial charge on any atom is 0.321 e. The number of carbonyl (C=O) groups excluding carboxylic acids is 3. The molecule has 162 valence electrons. The van der Waals surface area contributed by atoms with E-state index in [4.69, 9.17) is 10.5 Å². The number of aryl methyl sites for hydroxylation is 1. The Hall–Kier alpha value is -3.81. The van der Waals surface area contributed by atoms with E-state index >= 15 is 0 Å². The predicted octanol–water partition coefficient (Wildman–Crippen LogP) is 2.25. The van der Waals surface area contributed by atoms with Gasteiger partial charge in [-0.25, -0.2) is 4.79 Å². The van der Waals surface area contributed by atoms with Crippen LogP contribution in [0.25, 0.3) is 6.08 Å². The molecular weight excluding hydrogens is 396 g/mol. The second-order valence-electron chi connectivity index (χ2n) is 7.27. The third kappa shape index (κ3) is 6.60. The average Bonchev–Trinajstić information content (AvgIpc) is 2.77. The first kappa shape index (κ1) is 21.9. The molecule has 2 aromatic carbocycles. The number of piperazine rings is 1. The fourth-order valence-corrected chi connectivity index (χ4v) is 3.16. The molecule has 8 heteroatoms. The third-order valence-electron chi connectivity index (χ3n) is 4.83. The first-order valence-corrected chi connectivity index (χ1v) is 10.0. The number of rotatable bonds is 6. The summed E-state index contributed by atoms with van der Waals surface area (Å²) in [4.78, 5) is 39.1. The van der Waals surface area contributed by atoms with Gasteiger partial charge < -0.3 is 25.6 Å². The minimum Gasteiger partial charge on any atom is -0.484 e. The third-order valence-corrected chi connectivity index (χ3v) is 4.83. The molecule has 0 spiro atoms. The van der Waals surface area contributed by atoms with Crippen LogP contribution >= 0.6 is 0 Å². The molecule has 0 unspecified atom stereocenters. The van der Waals surface area contributed by atoms with Gasteiger partial charge in [-0.3, -0.25) is 9.59 Å². The largest absolute Gasteiger partial charge is 0.484 e. The summed E-state index contributed by atoms with van der Waals surface area (Å²) in [5, 5.41) is 2.90. The Kier molecular flexibility index (Phi) is 7.26. The first-order valence-electron chi connectivity index (χ1n) is 10.0. The van der Waals surface area contributed by atoms with E-state index in [0.717, 1.165) is 16.8 Å². The van der Waals surface area contributed by atoms with Crippen molar-refractivity contribution >= 4 is 29.6 Å². The number of benzene rings is 2. The molecule has 0 bridgehead atoms. The lowest BCUT2D eigenvalue weighted by molar-refractivity contribution is -0.127. The Morgan fingerprint density at radius 2 is 1.71 bits per heavy atom. The lowest BCUT2D eigenvalue weighted by Crippen LogP contribution is -2.51. The number of nitrogens with zero attached hydrogens (tertiary/aromatic N) is 2. The number of amides is 4. The van der Waals surface area contributed by atoms with Crippen molar-refractivity contribution in [3.63, 3.8) is 0 Å². The van der Waals surface area contributed by atoms with Crippen LogP contribution in [0.2, 0.25) is 0 Å². The molecule has 0 saturated carbocycles. The Morgan fingerprint density at radius 1 is 1.03 bits per heavy atom. The molecular formula is C23H26N4O4. The van der Waals surface area contributed by atoms with Crippen molar-refractivity contribution in [2.24, 2.45) is 5.73 Å². The molecule has 0 atom stereocenters. The van der Waals surface area contributed by atoms with Gasteiger partial charge in [-0.05, 0) is 48.4 Å². The summed E-state index contributed by atoms with van der Waals surface area (Å²) in [6.45, 7) is 3.70. The molecule has 1 aliphatic heterocycles. The number of nitrogens with one attached hydrogen (secondary N) is 1. The van der Waals surface area contributed by atoms with Crippen LogP contribution in [0.4, 0.5) is 10.5 Å². The van der Waals surface area contributed by atoms with E-state index in [1.54, 1.807) is 40.1 Å². The van der Waals surface area contributed by atoms with Gasteiger partial charge >= 0.3 is 6.03 Å². The van der Waals surface area contributed by atoms with Crippen molar-refractivity contribution in [1.29, 1.82) is 0 Å². The van der Waals surface area contributed by atoms with Gasteiger partial charge in [-0.15, -0.1) is 0 Å². The van der Waals surface area contributed by atoms with Crippen LogP contribution < -0.4 is 15.8 Å². The summed E-state index contributed by atoms with van der Waals surface area (Å²) >= 11 is 0. The van der Waals surface area contributed by atoms with E-state index in [2.05, 4.69) is 5.32 Å². The quantitative estimate of drug-likeness (QED) is 0.697. The molecule has 1 heterocycles. The SMILES string of the molecule is Cc1cccc(NC(=O)N2CCN(C(=O)/C=C/c3ccc(OCC(N)=O)cc3)CC2)c1. The lowest BCUT2D eigenvalue weighted by Gasteiger charge is -2.34. The minimum absolute atomic E-state index is 0.104. The first-order chi connectivity index (χ1) is 14.9. The minimum atomic E-state index is -0.540. The van der Waals surface area contributed by atoms with Gasteiger partial charge in [0.05, 0.1) is 0 Å². The van der Waals surface area contributed by atoms with Crippen LogP contribution in [0.1, 0.15) is 11.1 Å². The van der Waals surface area contributed by atoms with Gasteiger partial charge in [0.2, 0.25) is 5.91 Å². The highest BCUT2D eigenvalue weighted by molar-refractivity contribution is 5.92. The van der Waals surface area contributed by atoms with E-state index in [1.165, 1.54) is 6.08 Å². The fraction of sp³-hybridized carbons (Fsp3) is 0.261. The van der Waals surface area contributed by atoms with Crippen molar-refractivity contribution in [3.05, 3.63) is 65.7 Å². The molecule has 4 amide bonds. The van der Waals surface area contributed by atoms with E-state index in [1.807, 2.05) is 31.2 Å². The van der Waals surface area contributed by atoms with Crippen LogP contribution in [0.3, 0.4) is 0 Å². The van der Waals surface area contributed by atoms with Gasteiger partial charge in [0.1, 0.15) is 5.75 Å². The van der Waals surface area contributed by atoms with E-state index in [9.17, 15) is 14.4 Å². The number of ether oxygens (including phenoxy) is 1. The number of hydrogen-bond acceptors (Lipinski definition) is 4. The van der Waals surface area contributed by atoms with Crippen LogP contribution in [-0.2, 0) is 9.59 Å². The lowest BCUT2D eigenvalue weighted by atomic mass is 10.2. The molecule has 3 rings (SSSR count). The summed E-state index contributed by atoms with van der Waals surface area (Å²) in [5.74, 6) is -0.113. The molecule has 8 nitrogen and oxygen atoms in total. The zero-order valence-corrected chi connectivity index (χ0v) is 17.4. The highest BCUT2D eigenvalue weighted by atomic mass is 16.5. The molecule has 0 radical (unpaired) electrons. The highest BCUT2D eigenvalue weighted by Gasteiger charge is 2.23. The zero-order chi connectivity index (χ0) is 22.2. The average molecular weight is 422 g/mol. The molecule has 1 saturated heterocycles. The Bertz CT molecular complexity index is 964. The Morgan fingerprint density at radius 3 is 2.35 bits per heavy atom. The standard InChI is InChI=1S/C23H26N4O4/c1-17-3-2-4-19(15-17)25-23(30)27-13-11-26(12-14-27)22(29)10-7-18-5-8-20(9-6-18)31-16-21(24)28/h2-10,15H,11-14,16H2,1H3,(H2,24,28)(H,25,30)/b10-7+. The summed E-state index contributed by atoms with van der Waals surface area (Å²) < 4.78 is 5.20. The number of urea groups is 1. The summed E-state index contributed by atoms with van der Waals surface area (Å²) in [6.07, 6.45) is 3.23. The Balaban J connectivity index is 1.46. The van der Waals surface area contributed by atoms with Crippen molar-refractivity contribution in [1.82, 2.24) is 9.80 Å². The number of hydrogen-bond donors (Lipinski definition) is 2. The van der Waals surface area contributed by atoms with E-state index < -0.39 is 5.91 Å². The summed E-state index contributed by atoms with van der Waals surface area (Å²) in [5.41, 5.74) is 7.71. The van der Waals surface area contributed by atoms with Crippen molar-refractivity contribution < 1.29 is 19.1 Å². The normalized spacial score (nSPS) is 13.8. The molecule has 31 heavy (non-hydrogen) atoms. The van der Waals surface area contributed by atoms with Crippen molar-refractivity contribution in [2.75, 3.05) is 38.1 Å². The van der Waals surface area contributed by atoms with Gasteiger partial charge in [0, 0.05) is 37.9 Å². The Labute approximate surface area is 181 Å². The van der Waals surface area contributed by atoms with Gasteiger partial charge in [0.15, 0.2) is 6.61 Å². The summed E-state index contributed by atoms with van der Waals surface area (Å²) in [6, 6.07) is 14.5. The van der Waals surface area contributed by atoms with Crippen LogP contribution in [0.15, 0.2) is 54.6 Å². The van der Waals surface area contributed by atoms with Crippen LogP contribution in [0.5, 0.6) is 5.75 Å². The second-order valence-corrected chi connectivity index (χ2v) is 7.27. The van der Waals surface area contributed by atoms with Gasteiger partial charge in [-0.1, -0.05) is 24.3 Å². The number of nitrogens with two attached hydrogens (primary N) is 1. The molecule has 3 N–H and O–H groups in total. The number of primary amides is 1. The predicted molar refractivity (Wildman–Crippen MR) is 119 cm³/mol. The number of anilines is 1. The maximum absolute atomic E-state index is 12.5. The molecule has 0 aromatic heterocycles. The topological polar surface area (TPSA) is 105 Å². The van der Waals surface area contributed by atoms with Crippen molar-refractivity contribution in [2.45, 2.75) is 6.92 Å². The van der Waals surface area contributed by atoms with E-state index in [0.29, 0.717) is 31.9 Å². The maximum atomic E-state index is 12.5. The van der Waals surface area contributed by atoms with Crippen LogP contribution in [0, 0.1) is 6.92 Å². The van der Waals surface area contributed by atoms with Crippen LogP contribution in [-0.4, -0.2) is 60.4 Å². The number of carbonyl (C=O) groups is 3. The summed E-state index contributed by atoms with van der Waals surface area (Å²) in [7, 11) is 0. The van der Waals surface area contributed by atoms with Crippen molar-refractivity contribution in [3.8, 4) is 5.75 Å². The molecule has 2 aromatic rings. The highest BCUT2D eigenvalue weighted by Crippen LogP contribution is 2.14. The van der Waals surface area contributed by atoms with Gasteiger partial charge in [0.25, 0.3) is 5.91 Å². The second kappa shape index (κ2) is 10.3. The fourth-order valence-electron chi connectivity index (χ4n) is 3.16. The van der Waals surface area contributed by atoms with E-state index in [-0.39, 0.29) is 18.5 Å². The van der Waals surface area contributed by atoms with Gasteiger partial charge in [-0.2, -0.15) is 0 Å². The molecule has 0 aliphatic carbocycles. The zero-order valence-electron chi connectivity index (χ0n) is 17.4. The smallest absolute Gasteiger partial charge is 0.321 e. The molecule has 1 aliphatic rings.